The molecule has 0 aliphatic rings. The first-order valence-electron chi connectivity index (χ1n) is 4.76. The fourth-order valence-electron chi connectivity index (χ4n) is 1.20. The molecule has 0 bridgehead atoms. The second-order valence-corrected chi connectivity index (χ2v) is 3.28. The van der Waals surface area contributed by atoms with Crippen molar-refractivity contribution in [3.63, 3.8) is 0 Å². The van der Waals surface area contributed by atoms with Crippen LogP contribution < -0.4 is 16.4 Å². The molecule has 0 aromatic carbocycles. The van der Waals surface area contributed by atoms with Crippen molar-refractivity contribution in [3.05, 3.63) is 23.4 Å². The molecule has 0 atom stereocenters. The van der Waals surface area contributed by atoms with Gasteiger partial charge in [-0.1, -0.05) is 0 Å². The van der Waals surface area contributed by atoms with Crippen molar-refractivity contribution in [2.75, 3.05) is 18.9 Å². The number of aryl methyl sites for hydroxylation is 1. The molecule has 0 saturated heterocycles. The largest absolute Gasteiger partial charge is 0.373 e. The maximum Gasteiger partial charge on any atom is 0.251 e. The molecule has 1 aromatic heterocycles. The Labute approximate surface area is 93.2 Å². The molecule has 16 heavy (non-hydrogen) atoms. The Bertz CT molecular complexity index is 417. The molecule has 0 aliphatic heterocycles. The van der Waals surface area contributed by atoms with E-state index in [-0.39, 0.29) is 12.5 Å². The van der Waals surface area contributed by atoms with Gasteiger partial charge < -0.3 is 16.4 Å². The van der Waals surface area contributed by atoms with Crippen molar-refractivity contribution in [2.24, 2.45) is 5.73 Å². The van der Waals surface area contributed by atoms with Gasteiger partial charge in [0.2, 0.25) is 5.91 Å². The molecular formula is C10H14N4O2. The first-order valence-corrected chi connectivity index (χ1v) is 4.76. The van der Waals surface area contributed by atoms with Gasteiger partial charge in [-0.15, -0.1) is 0 Å². The lowest BCUT2D eigenvalue weighted by Crippen LogP contribution is -2.33. The summed E-state index contributed by atoms with van der Waals surface area (Å²) in [6, 6.07) is 3.24. The number of rotatable bonds is 4. The van der Waals surface area contributed by atoms with Crippen LogP contribution in [0.1, 0.15) is 16.1 Å². The summed E-state index contributed by atoms with van der Waals surface area (Å²) in [5.74, 6) is -0.321. The van der Waals surface area contributed by atoms with E-state index in [4.69, 9.17) is 5.73 Å². The molecule has 4 N–H and O–H groups in total. The Hall–Kier alpha value is -2.11. The predicted molar refractivity (Wildman–Crippen MR) is 60.0 cm³/mol. The minimum atomic E-state index is -0.576. The summed E-state index contributed by atoms with van der Waals surface area (Å²) in [5, 5.41) is 5.25. The highest BCUT2D eigenvalue weighted by Crippen LogP contribution is 2.09. The first kappa shape index (κ1) is 12.0. The third kappa shape index (κ3) is 3.23. The lowest BCUT2D eigenvalue weighted by Gasteiger charge is -2.06. The second kappa shape index (κ2) is 5.11. The van der Waals surface area contributed by atoms with E-state index >= 15 is 0 Å². The van der Waals surface area contributed by atoms with Crippen LogP contribution in [0.15, 0.2) is 12.1 Å². The minimum Gasteiger partial charge on any atom is -0.373 e. The SMILES string of the molecule is CNc1cc(C(=O)NCC(N)=O)cc(C)n1. The normalized spacial score (nSPS) is 9.62. The smallest absolute Gasteiger partial charge is 0.251 e. The van der Waals surface area contributed by atoms with Gasteiger partial charge in [0.25, 0.3) is 5.91 Å². The molecule has 1 aromatic rings. The average molecular weight is 222 g/mol. The summed E-state index contributed by atoms with van der Waals surface area (Å²) in [6.45, 7) is 1.61. The Balaban J connectivity index is 2.82. The van der Waals surface area contributed by atoms with Crippen molar-refractivity contribution in [1.82, 2.24) is 10.3 Å². The number of carbonyl (C=O) groups is 2. The van der Waals surface area contributed by atoms with Gasteiger partial charge in [-0.05, 0) is 19.1 Å². The summed E-state index contributed by atoms with van der Waals surface area (Å²) in [6.07, 6.45) is 0. The number of hydrogen-bond donors (Lipinski definition) is 3. The zero-order valence-electron chi connectivity index (χ0n) is 9.20. The molecule has 6 heteroatoms. The molecule has 1 heterocycles. The maximum atomic E-state index is 11.6. The average Bonchev–Trinajstić information content (AvgIpc) is 2.24. The van der Waals surface area contributed by atoms with Gasteiger partial charge in [0, 0.05) is 18.3 Å². The van der Waals surface area contributed by atoms with E-state index in [0.717, 1.165) is 5.69 Å². The van der Waals surface area contributed by atoms with E-state index in [1.54, 1.807) is 26.1 Å². The fourth-order valence-corrected chi connectivity index (χ4v) is 1.20. The third-order valence-corrected chi connectivity index (χ3v) is 1.89. The van der Waals surface area contributed by atoms with Gasteiger partial charge in [-0.25, -0.2) is 4.98 Å². The van der Waals surface area contributed by atoms with E-state index in [1.165, 1.54) is 0 Å². The van der Waals surface area contributed by atoms with Crippen LogP contribution in [0.5, 0.6) is 0 Å². The fraction of sp³-hybridized carbons (Fsp3) is 0.300. The maximum absolute atomic E-state index is 11.6. The molecule has 0 spiro atoms. The molecule has 6 nitrogen and oxygen atoms in total. The minimum absolute atomic E-state index is 0.172. The van der Waals surface area contributed by atoms with Crippen LogP contribution in [0.25, 0.3) is 0 Å². The van der Waals surface area contributed by atoms with Gasteiger partial charge in [0.1, 0.15) is 5.82 Å². The number of nitrogens with zero attached hydrogens (tertiary/aromatic N) is 1. The topological polar surface area (TPSA) is 97.1 Å². The molecule has 0 fully saturated rings. The Morgan fingerprint density at radius 1 is 1.44 bits per heavy atom. The number of nitrogens with two attached hydrogens (primary N) is 1. The zero-order chi connectivity index (χ0) is 12.1. The second-order valence-electron chi connectivity index (χ2n) is 3.28. The molecule has 0 unspecified atom stereocenters. The lowest BCUT2D eigenvalue weighted by molar-refractivity contribution is -0.117. The van der Waals surface area contributed by atoms with E-state index in [2.05, 4.69) is 15.6 Å². The Morgan fingerprint density at radius 3 is 2.69 bits per heavy atom. The lowest BCUT2D eigenvalue weighted by atomic mass is 10.2. The third-order valence-electron chi connectivity index (χ3n) is 1.89. The first-order chi connectivity index (χ1) is 7.52. The molecular weight excluding hydrogens is 208 g/mol. The highest BCUT2D eigenvalue weighted by Gasteiger charge is 2.08. The van der Waals surface area contributed by atoms with Crippen LogP contribution in [0.2, 0.25) is 0 Å². The molecule has 0 aliphatic carbocycles. The van der Waals surface area contributed by atoms with Gasteiger partial charge in [-0.2, -0.15) is 0 Å². The van der Waals surface area contributed by atoms with Crippen LogP contribution >= 0.6 is 0 Å². The number of hydrogen-bond acceptors (Lipinski definition) is 4. The van der Waals surface area contributed by atoms with Crippen LogP contribution in [-0.4, -0.2) is 30.4 Å². The Morgan fingerprint density at radius 2 is 2.12 bits per heavy atom. The van der Waals surface area contributed by atoms with Crippen LogP contribution in [0.3, 0.4) is 0 Å². The van der Waals surface area contributed by atoms with Crippen LogP contribution in [0, 0.1) is 6.92 Å². The highest BCUT2D eigenvalue weighted by molar-refractivity contribution is 5.96. The van der Waals surface area contributed by atoms with Gasteiger partial charge in [0.05, 0.1) is 6.54 Å². The van der Waals surface area contributed by atoms with Crippen LogP contribution in [-0.2, 0) is 4.79 Å². The number of pyridine rings is 1. The summed E-state index contributed by atoms with van der Waals surface area (Å²) in [4.78, 5) is 26.3. The van der Waals surface area contributed by atoms with E-state index < -0.39 is 5.91 Å². The monoisotopic (exact) mass is 222 g/mol. The summed E-state index contributed by atoms with van der Waals surface area (Å²) in [5.41, 5.74) is 6.09. The molecule has 2 amide bonds. The quantitative estimate of drug-likeness (QED) is 0.648. The molecule has 0 saturated carbocycles. The van der Waals surface area contributed by atoms with Gasteiger partial charge in [-0.3, -0.25) is 9.59 Å². The predicted octanol–water partition coefficient (Wildman–Crippen LogP) is -0.353. The summed E-state index contributed by atoms with van der Waals surface area (Å²) in [7, 11) is 1.72. The Kier molecular flexibility index (Phi) is 3.82. The van der Waals surface area contributed by atoms with E-state index in [1.807, 2.05) is 0 Å². The van der Waals surface area contributed by atoms with E-state index in [9.17, 15) is 9.59 Å². The highest BCUT2D eigenvalue weighted by atomic mass is 16.2. The zero-order valence-corrected chi connectivity index (χ0v) is 9.20. The van der Waals surface area contributed by atoms with Crippen molar-refractivity contribution >= 4 is 17.6 Å². The molecule has 86 valence electrons. The number of anilines is 1. The summed E-state index contributed by atoms with van der Waals surface area (Å²) < 4.78 is 0. The van der Waals surface area contributed by atoms with Crippen LogP contribution in [0.4, 0.5) is 5.82 Å². The standard InChI is InChI=1S/C10H14N4O2/c1-6-3-7(4-9(12-2)14-6)10(16)13-5-8(11)15/h3-4H,5H2,1-2H3,(H2,11,15)(H,12,14)(H,13,16). The van der Waals surface area contributed by atoms with Crippen molar-refractivity contribution in [1.29, 1.82) is 0 Å². The number of aromatic nitrogens is 1. The number of nitrogens with one attached hydrogen (secondary N) is 2. The number of carbonyl (C=O) groups excluding carboxylic acids is 2. The number of primary amides is 1. The van der Waals surface area contributed by atoms with Crippen molar-refractivity contribution < 1.29 is 9.59 Å². The van der Waals surface area contributed by atoms with Gasteiger partial charge in [0.15, 0.2) is 0 Å². The van der Waals surface area contributed by atoms with Gasteiger partial charge >= 0.3 is 0 Å². The summed E-state index contributed by atoms with van der Waals surface area (Å²) >= 11 is 0. The molecule has 1 rings (SSSR count). The molecule has 0 radical (unpaired) electrons. The van der Waals surface area contributed by atoms with E-state index in [0.29, 0.717) is 11.4 Å². The van der Waals surface area contributed by atoms with Crippen molar-refractivity contribution in [3.8, 4) is 0 Å². The van der Waals surface area contributed by atoms with Crippen molar-refractivity contribution in [2.45, 2.75) is 6.92 Å². The number of amides is 2.